The van der Waals surface area contributed by atoms with Crippen LogP contribution in [0.5, 0.6) is 0 Å². The maximum atomic E-state index is 5.25. The molecule has 0 radical (unpaired) electrons. The molecule has 1 aromatic heterocycles. The van der Waals surface area contributed by atoms with Crippen molar-refractivity contribution in [3.8, 4) is 0 Å². The Morgan fingerprint density at radius 3 is 3.13 bits per heavy atom. The van der Waals surface area contributed by atoms with Gasteiger partial charge in [0.25, 0.3) is 0 Å². The van der Waals surface area contributed by atoms with Crippen molar-refractivity contribution in [3.05, 3.63) is 11.7 Å². The highest BCUT2D eigenvalue weighted by molar-refractivity contribution is 9.09. The van der Waals surface area contributed by atoms with Gasteiger partial charge in [-0.25, -0.2) is 0 Å². The molecular weight excluding hydrogens is 276 g/mol. The van der Waals surface area contributed by atoms with Crippen LogP contribution in [0.2, 0.25) is 0 Å². The fourth-order valence-corrected chi connectivity index (χ4v) is 3.04. The van der Waals surface area contributed by atoms with Gasteiger partial charge in [-0.1, -0.05) is 34.4 Å². The van der Waals surface area contributed by atoms with Gasteiger partial charge in [0.2, 0.25) is 5.89 Å². The lowest BCUT2D eigenvalue weighted by Crippen LogP contribution is -2.04. The number of thioether (sulfide) groups is 1. The van der Waals surface area contributed by atoms with Crippen molar-refractivity contribution in [2.45, 2.75) is 42.7 Å². The van der Waals surface area contributed by atoms with E-state index in [-0.39, 0.29) is 4.83 Å². The maximum absolute atomic E-state index is 5.25. The summed E-state index contributed by atoms with van der Waals surface area (Å²) in [5.41, 5.74) is 0. The Morgan fingerprint density at radius 1 is 1.60 bits per heavy atom. The van der Waals surface area contributed by atoms with Crippen LogP contribution >= 0.6 is 27.7 Å². The maximum Gasteiger partial charge on any atom is 0.240 e. The van der Waals surface area contributed by atoms with Crippen molar-refractivity contribution in [2.75, 3.05) is 5.75 Å². The fraction of sp³-hybridized carbons (Fsp3) is 0.800. The molecule has 1 aliphatic rings. The molecule has 2 unspecified atom stereocenters. The van der Waals surface area contributed by atoms with Gasteiger partial charge in [0.1, 0.15) is 0 Å². The predicted octanol–water partition coefficient (Wildman–Crippen LogP) is 3.87. The summed E-state index contributed by atoms with van der Waals surface area (Å²) < 4.78 is 5.25. The van der Waals surface area contributed by atoms with Crippen LogP contribution < -0.4 is 0 Å². The van der Waals surface area contributed by atoms with E-state index in [0.717, 1.165) is 18.1 Å². The minimum absolute atomic E-state index is 0.201. The molecule has 0 N–H and O–H groups in total. The molecule has 1 aromatic rings. The Hall–Kier alpha value is -0.0300. The molecule has 2 heterocycles. The highest BCUT2D eigenvalue weighted by Gasteiger charge is 2.23. The van der Waals surface area contributed by atoms with E-state index in [0.29, 0.717) is 5.25 Å². The zero-order chi connectivity index (χ0) is 10.7. The largest absolute Gasteiger partial charge is 0.338 e. The normalized spacial score (nSPS) is 24.0. The van der Waals surface area contributed by atoms with Gasteiger partial charge < -0.3 is 4.52 Å². The van der Waals surface area contributed by atoms with Gasteiger partial charge >= 0.3 is 0 Å². The third-order valence-corrected chi connectivity index (χ3v) is 4.96. The number of nitrogens with zero attached hydrogens (tertiary/aromatic N) is 2. The van der Waals surface area contributed by atoms with Gasteiger partial charge in [-0.3, -0.25) is 0 Å². The van der Waals surface area contributed by atoms with E-state index in [1.54, 1.807) is 0 Å². The number of halogens is 1. The monoisotopic (exact) mass is 290 g/mol. The SMILES string of the molecule is CCC(Br)c1nc(C2CCCCS2)no1. The van der Waals surface area contributed by atoms with Crippen molar-refractivity contribution in [3.63, 3.8) is 0 Å². The highest BCUT2D eigenvalue weighted by atomic mass is 79.9. The first-order chi connectivity index (χ1) is 7.31. The lowest BCUT2D eigenvalue weighted by atomic mass is 10.2. The topological polar surface area (TPSA) is 38.9 Å². The molecule has 0 aliphatic carbocycles. The Kier molecular flexibility index (Phi) is 4.08. The molecule has 0 bridgehead atoms. The van der Waals surface area contributed by atoms with Gasteiger partial charge in [0.05, 0.1) is 10.1 Å². The average molecular weight is 291 g/mol. The van der Waals surface area contributed by atoms with Crippen molar-refractivity contribution in [1.82, 2.24) is 10.1 Å². The van der Waals surface area contributed by atoms with Gasteiger partial charge in [0.15, 0.2) is 5.82 Å². The van der Waals surface area contributed by atoms with Gasteiger partial charge in [-0.05, 0) is 25.0 Å². The summed E-state index contributed by atoms with van der Waals surface area (Å²) in [6, 6.07) is 0. The Labute approximate surface area is 103 Å². The molecule has 0 spiro atoms. The zero-order valence-corrected chi connectivity index (χ0v) is 11.2. The molecule has 84 valence electrons. The number of hydrogen-bond donors (Lipinski definition) is 0. The van der Waals surface area contributed by atoms with Gasteiger partial charge in [-0.15, -0.1) is 0 Å². The van der Waals surface area contributed by atoms with Crippen molar-refractivity contribution >= 4 is 27.7 Å². The second-order valence-electron chi connectivity index (χ2n) is 3.72. The molecule has 1 aliphatic heterocycles. The Bertz CT molecular complexity index is 312. The molecule has 1 fully saturated rings. The summed E-state index contributed by atoms with van der Waals surface area (Å²) >= 11 is 5.47. The van der Waals surface area contributed by atoms with E-state index in [1.807, 2.05) is 11.8 Å². The molecule has 5 heteroatoms. The van der Waals surface area contributed by atoms with Crippen LogP contribution in [0.3, 0.4) is 0 Å². The van der Waals surface area contributed by atoms with Crippen LogP contribution in [0.25, 0.3) is 0 Å². The standard InChI is InChI=1S/C10H15BrN2OS/c1-2-7(11)10-12-9(13-14-10)8-5-3-4-6-15-8/h7-8H,2-6H2,1H3. The zero-order valence-electron chi connectivity index (χ0n) is 8.78. The molecule has 1 saturated heterocycles. The third-order valence-electron chi connectivity index (χ3n) is 2.55. The molecule has 0 saturated carbocycles. The van der Waals surface area contributed by atoms with Gasteiger partial charge in [0, 0.05) is 0 Å². The van der Waals surface area contributed by atoms with Crippen LogP contribution in [0.15, 0.2) is 4.52 Å². The summed E-state index contributed by atoms with van der Waals surface area (Å²) in [7, 11) is 0. The second-order valence-corrected chi connectivity index (χ2v) is 6.14. The average Bonchev–Trinajstić information content (AvgIpc) is 2.78. The molecule has 2 atom stereocenters. The minimum Gasteiger partial charge on any atom is -0.338 e. The van der Waals surface area contributed by atoms with Crippen LogP contribution in [-0.4, -0.2) is 15.9 Å². The molecule has 15 heavy (non-hydrogen) atoms. The highest BCUT2D eigenvalue weighted by Crippen LogP contribution is 2.37. The van der Waals surface area contributed by atoms with Crippen molar-refractivity contribution < 1.29 is 4.52 Å². The lowest BCUT2D eigenvalue weighted by Gasteiger charge is -2.17. The minimum atomic E-state index is 0.201. The van der Waals surface area contributed by atoms with E-state index in [2.05, 4.69) is 33.0 Å². The summed E-state index contributed by atoms with van der Waals surface area (Å²) in [6.07, 6.45) is 4.76. The van der Waals surface area contributed by atoms with E-state index < -0.39 is 0 Å². The quantitative estimate of drug-likeness (QED) is 0.792. The molecular formula is C10H15BrN2OS. The summed E-state index contributed by atoms with van der Waals surface area (Å²) in [6.45, 7) is 2.10. The summed E-state index contributed by atoms with van der Waals surface area (Å²) in [5, 5.41) is 4.52. The number of aromatic nitrogens is 2. The van der Waals surface area contributed by atoms with Crippen molar-refractivity contribution in [1.29, 1.82) is 0 Å². The summed E-state index contributed by atoms with van der Waals surface area (Å²) in [4.78, 5) is 4.66. The number of alkyl halides is 1. The first-order valence-corrected chi connectivity index (χ1v) is 7.37. The molecule has 2 rings (SSSR count). The van der Waals surface area contributed by atoms with Crippen LogP contribution in [0, 0.1) is 0 Å². The second kappa shape index (κ2) is 5.34. The Balaban J connectivity index is 2.05. The first kappa shape index (κ1) is 11.5. The summed E-state index contributed by atoms with van der Waals surface area (Å²) in [5.74, 6) is 2.83. The number of hydrogen-bond acceptors (Lipinski definition) is 4. The third kappa shape index (κ3) is 2.75. The predicted molar refractivity (Wildman–Crippen MR) is 65.3 cm³/mol. The smallest absolute Gasteiger partial charge is 0.240 e. The number of rotatable bonds is 3. The van der Waals surface area contributed by atoms with Crippen LogP contribution in [0.1, 0.15) is 54.4 Å². The van der Waals surface area contributed by atoms with E-state index >= 15 is 0 Å². The van der Waals surface area contributed by atoms with Gasteiger partial charge in [-0.2, -0.15) is 16.7 Å². The van der Waals surface area contributed by atoms with E-state index in [4.69, 9.17) is 4.52 Å². The molecule has 3 nitrogen and oxygen atoms in total. The Morgan fingerprint density at radius 2 is 2.47 bits per heavy atom. The lowest BCUT2D eigenvalue weighted by molar-refractivity contribution is 0.370. The van der Waals surface area contributed by atoms with E-state index in [9.17, 15) is 0 Å². The van der Waals surface area contributed by atoms with Crippen LogP contribution in [-0.2, 0) is 0 Å². The molecule has 0 aromatic carbocycles. The first-order valence-electron chi connectivity index (χ1n) is 5.40. The van der Waals surface area contributed by atoms with Crippen molar-refractivity contribution in [2.24, 2.45) is 0 Å². The van der Waals surface area contributed by atoms with Crippen LogP contribution in [0.4, 0.5) is 0 Å². The fourth-order valence-electron chi connectivity index (χ4n) is 1.62. The van der Waals surface area contributed by atoms with E-state index in [1.165, 1.54) is 25.0 Å². The molecule has 0 amide bonds.